The lowest BCUT2D eigenvalue weighted by molar-refractivity contribution is 0.382. The Morgan fingerprint density at radius 2 is 1.78 bits per heavy atom. The molecule has 8 heteroatoms. The van der Waals surface area contributed by atoms with Gasteiger partial charge in [0.2, 0.25) is 10.0 Å². The number of furan rings is 1. The molecule has 1 aromatic heterocycles. The number of para-hydroxylation sites is 1. The first-order valence-electron chi connectivity index (χ1n) is 9.36. The zero-order valence-electron chi connectivity index (χ0n) is 15.7. The molecule has 2 atom stereocenters. The predicted octanol–water partition coefficient (Wildman–Crippen LogP) is 2.03. The van der Waals surface area contributed by atoms with E-state index in [0.29, 0.717) is 43.7 Å². The number of rotatable bonds is 4. The number of hydrogen-bond acceptors (Lipinski definition) is 6. The molecule has 2 aliphatic rings. The minimum absolute atomic E-state index is 0.00224. The largest absolute Gasteiger partial charge is 0.463 e. The Hall–Kier alpha value is -1.87. The monoisotopic (exact) mass is 390 g/mol. The Morgan fingerprint density at radius 3 is 2.41 bits per heavy atom. The van der Waals surface area contributed by atoms with E-state index in [1.54, 1.807) is 17.3 Å². The summed E-state index contributed by atoms with van der Waals surface area (Å²) >= 11 is 0. The van der Waals surface area contributed by atoms with Gasteiger partial charge in [0, 0.05) is 44.0 Å². The number of benzene rings is 1. The minimum atomic E-state index is -3.56. The van der Waals surface area contributed by atoms with E-state index in [1.165, 1.54) is 0 Å². The van der Waals surface area contributed by atoms with E-state index in [2.05, 4.69) is 34.8 Å². The molecule has 2 N–H and O–H groups in total. The molecule has 1 aromatic carbocycles. The van der Waals surface area contributed by atoms with Crippen LogP contribution in [0.25, 0.3) is 0 Å². The molecular formula is C19H26N4O3S. The van der Waals surface area contributed by atoms with Crippen molar-refractivity contribution in [3.8, 4) is 0 Å². The van der Waals surface area contributed by atoms with Crippen molar-refractivity contribution in [2.75, 3.05) is 31.1 Å². The topological polar surface area (TPSA) is 77.8 Å². The van der Waals surface area contributed by atoms with Crippen molar-refractivity contribution in [3.05, 3.63) is 47.9 Å². The summed E-state index contributed by atoms with van der Waals surface area (Å²) < 4.78 is 33.7. The lowest BCUT2D eigenvalue weighted by Gasteiger charge is -2.35. The van der Waals surface area contributed by atoms with Crippen LogP contribution in [0.4, 0.5) is 5.69 Å². The van der Waals surface area contributed by atoms with E-state index in [4.69, 9.17) is 4.42 Å². The molecule has 7 nitrogen and oxygen atoms in total. The highest BCUT2D eigenvalue weighted by atomic mass is 32.2. The average Bonchev–Trinajstić information content (AvgIpc) is 3.28. The van der Waals surface area contributed by atoms with E-state index in [-0.39, 0.29) is 10.9 Å². The van der Waals surface area contributed by atoms with Crippen LogP contribution in [0.1, 0.15) is 30.9 Å². The fraction of sp³-hybridized carbons (Fsp3) is 0.474. The third-order valence-electron chi connectivity index (χ3n) is 5.31. The maximum atomic E-state index is 13.2. The normalized spacial score (nSPS) is 24.4. The first kappa shape index (κ1) is 18.5. The van der Waals surface area contributed by atoms with Gasteiger partial charge in [-0.15, -0.1) is 0 Å². The first-order valence-corrected chi connectivity index (χ1v) is 10.8. The van der Waals surface area contributed by atoms with Gasteiger partial charge in [-0.05, 0) is 32.4 Å². The van der Waals surface area contributed by atoms with Crippen molar-refractivity contribution in [2.45, 2.75) is 37.2 Å². The van der Waals surface area contributed by atoms with Gasteiger partial charge in [0.15, 0.2) is 0 Å². The van der Waals surface area contributed by atoms with Crippen LogP contribution in [0.2, 0.25) is 0 Å². The Labute approximate surface area is 160 Å². The van der Waals surface area contributed by atoms with Crippen LogP contribution in [0.3, 0.4) is 0 Å². The minimum Gasteiger partial charge on any atom is -0.463 e. The van der Waals surface area contributed by atoms with Gasteiger partial charge < -0.3 is 9.32 Å². The highest BCUT2D eigenvalue weighted by Gasteiger charge is 2.33. The SMILES string of the molecule is Cc1oc(C2CC(C)NN2)cc1S(=O)(=O)N1CCN(c2ccccc2)CC1. The number of anilines is 1. The summed E-state index contributed by atoms with van der Waals surface area (Å²) in [7, 11) is -3.56. The molecule has 4 rings (SSSR count). The summed E-state index contributed by atoms with van der Waals surface area (Å²) in [5, 5.41) is 0. The molecule has 0 saturated carbocycles. The van der Waals surface area contributed by atoms with Crippen molar-refractivity contribution < 1.29 is 12.8 Å². The van der Waals surface area contributed by atoms with E-state index in [9.17, 15) is 8.42 Å². The molecular weight excluding hydrogens is 364 g/mol. The van der Waals surface area contributed by atoms with E-state index >= 15 is 0 Å². The van der Waals surface area contributed by atoms with Crippen molar-refractivity contribution in [3.63, 3.8) is 0 Å². The zero-order valence-corrected chi connectivity index (χ0v) is 16.5. The van der Waals surface area contributed by atoms with Crippen LogP contribution in [0.15, 0.2) is 45.7 Å². The third-order valence-corrected chi connectivity index (χ3v) is 7.31. The Kier molecular flexibility index (Phi) is 4.98. The maximum Gasteiger partial charge on any atom is 0.246 e. The van der Waals surface area contributed by atoms with Crippen LogP contribution >= 0.6 is 0 Å². The molecule has 0 aliphatic carbocycles. The summed E-state index contributed by atoms with van der Waals surface area (Å²) in [6.45, 7) is 6.10. The molecule has 2 aliphatic heterocycles. The van der Waals surface area contributed by atoms with Crippen molar-refractivity contribution in [1.29, 1.82) is 0 Å². The molecule has 0 spiro atoms. The number of nitrogens with one attached hydrogen (secondary N) is 2. The Bertz CT molecular complexity index is 889. The second-order valence-electron chi connectivity index (χ2n) is 7.27. The van der Waals surface area contributed by atoms with Crippen molar-refractivity contribution in [2.24, 2.45) is 0 Å². The van der Waals surface area contributed by atoms with Crippen LogP contribution in [-0.4, -0.2) is 44.9 Å². The summed E-state index contributed by atoms with van der Waals surface area (Å²) in [5.74, 6) is 1.13. The molecule has 3 heterocycles. The van der Waals surface area contributed by atoms with Gasteiger partial charge in [0.1, 0.15) is 16.4 Å². The van der Waals surface area contributed by atoms with E-state index in [1.807, 2.05) is 18.2 Å². The summed E-state index contributed by atoms with van der Waals surface area (Å²) in [6.07, 6.45) is 0.863. The van der Waals surface area contributed by atoms with Crippen LogP contribution in [-0.2, 0) is 10.0 Å². The smallest absolute Gasteiger partial charge is 0.246 e. The number of sulfonamides is 1. The summed E-state index contributed by atoms with van der Waals surface area (Å²) in [5.41, 5.74) is 7.43. The maximum absolute atomic E-state index is 13.2. The van der Waals surface area contributed by atoms with Gasteiger partial charge in [-0.3, -0.25) is 5.43 Å². The molecule has 2 fully saturated rings. The molecule has 2 unspecified atom stereocenters. The number of hydrazine groups is 1. The fourth-order valence-electron chi connectivity index (χ4n) is 3.78. The number of hydrogen-bond donors (Lipinski definition) is 2. The lowest BCUT2D eigenvalue weighted by Crippen LogP contribution is -2.48. The average molecular weight is 391 g/mol. The highest BCUT2D eigenvalue weighted by Crippen LogP contribution is 2.31. The Balaban J connectivity index is 1.48. The van der Waals surface area contributed by atoms with E-state index in [0.717, 1.165) is 12.1 Å². The quantitative estimate of drug-likeness (QED) is 0.832. The summed E-state index contributed by atoms with van der Waals surface area (Å²) in [4.78, 5) is 2.50. The van der Waals surface area contributed by atoms with Gasteiger partial charge in [0.05, 0.1) is 6.04 Å². The van der Waals surface area contributed by atoms with Gasteiger partial charge in [-0.2, -0.15) is 4.31 Å². The molecule has 146 valence electrons. The first-order chi connectivity index (χ1) is 12.9. The summed E-state index contributed by atoms with van der Waals surface area (Å²) in [6, 6.07) is 12.1. The number of aryl methyl sites for hydroxylation is 1. The molecule has 0 bridgehead atoms. The lowest BCUT2D eigenvalue weighted by atomic mass is 10.1. The second-order valence-corrected chi connectivity index (χ2v) is 9.18. The van der Waals surface area contributed by atoms with Crippen molar-refractivity contribution in [1.82, 2.24) is 15.2 Å². The van der Waals surface area contributed by atoms with Crippen LogP contribution in [0.5, 0.6) is 0 Å². The van der Waals surface area contributed by atoms with Crippen LogP contribution < -0.4 is 15.8 Å². The van der Waals surface area contributed by atoms with Gasteiger partial charge in [-0.25, -0.2) is 13.8 Å². The number of piperazine rings is 1. The highest BCUT2D eigenvalue weighted by molar-refractivity contribution is 7.89. The van der Waals surface area contributed by atoms with Gasteiger partial charge >= 0.3 is 0 Å². The second kappa shape index (κ2) is 7.27. The molecule has 0 amide bonds. The third kappa shape index (κ3) is 3.62. The van der Waals surface area contributed by atoms with Crippen molar-refractivity contribution >= 4 is 15.7 Å². The zero-order chi connectivity index (χ0) is 19.0. The number of nitrogens with zero attached hydrogens (tertiary/aromatic N) is 2. The standard InChI is InChI=1S/C19H26N4O3S/c1-14-12-17(21-20-14)18-13-19(15(2)26-18)27(24,25)23-10-8-22(9-11-23)16-6-4-3-5-7-16/h3-7,13-14,17,20-21H,8-12H2,1-2H3. The fourth-order valence-corrected chi connectivity index (χ4v) is 5.37. The predicted molar refractivity (Wildman–Crippen MR) is 104 cm³/mol. The van der Waals surface area contributed by atoms with E-state index < -0.39 is 10.0 Å². The Morgan fingerprint density at radius 1 is 1.07 bits per heavy atom. The molecule has 2 saturated heterocycles. The van der Waals surface area contributed by atoms with Crippen LogP contribution in [0, 0.1) is 6.92 Å². The van der Waals surface area contributed by atoms with Gasteiger partial charge in [-0.1, -0.05) is 18.2 Å². The molecule has 27 heavy (non-hydrogen) atoms. The molecule has 2 aromatic rings. The molecule has 0 radical (unpaired) electrons. The van der Waals surface area contributed by atoms with Gasteiger partial charge in [0.25, 0.3) is 0 Å².